The van der Waals surface area contributed by atoms with Crippen LogP contribution in [0.5, 0.6) is 11.5 Å². The second-order valence-corrected chi connectivity index (χ2v) is 4.70. The summed E-state index contributed by atoms with van der Waals surface area (Å²) in [6.45, 7) is 0. The molecule has 0 saturated carbocycles. The van der Waals surface area contributed by atoms with Crippen LogP contribution in [0.15, 0.2) is 73.1 Å². The van der Waals surface area contributed by atoms with Crippen molar-refractivity contribution in [3.8, 4) is 11.5 Å². The summed E-state index contributed by atoms with van der Waals surface area (Å²) in [5.74, 6) is 0.478. The molecule has 2 aromatic heterocycles. The van der Waals surface area contributed by atoms with Crippen molar-refractivity contribution < 1.29 is 10.2 Å². The van der Waals surface area contributed by atoms with Gasteiger partial charge in [0.1, 0.15) is 22.5 Å². The van der Waals surface area contributed by atoms with Gasteiger partial charge in [-0.05, 0) is 24.3 Å². The fourth-order valence-electron chi connectivity index (χ4n) is 2.18. The Kier molecular flexibility index (Phi) is 6.44. The van der Waals surface area contributed by atoms with E-state index in [4.69, 9.17) is 0 Å². The van der Waals surface area contributed by atoms with Gasteiger partial charge in [-0.15, -0.1) is 0 Å². The van der Waals surface area contributed by atoms with E-state index in [0.29, 0.717) is 11.0 Å². The average Bonchev–Trinajstić information content (AvgIpc) is 2.57. The van der Waals surface area contributed by atoms with Crippen LogP contribution in [0.2, 0.25) is 0 Å². The largest absolute Gasteiger partial charge is 2.00 e. The zero-order valence-electron chi connectivity index (χ0n) is 12.4. The smallest absolute Gasteiger partial charge is 0.506 e. The maximum Gasteiger partial charge on any atom is 2.00 e. The molecule has 0 fully saturated rings. The summed E-state index contributed by atoms with van der Waals surface area (Å²) in [6, 6.07) is 18.3. The van der Waals surface area contributed by atoms with Gasteiger partial charge in [0, 0.05) is 23.2 Å². The summed E-state index contributed by atoms with van der Waals surface area (Å²) in [5.41, 5.74) is 1.32. The van der Waals surface area contributed by atoms with Crippen molar-refractivity contribution in [2.75, 3.05) is 0 Å². The van der Waals surface area contributed by atoms with E-state index >= 15 is 0 Å². The molecule has 23 heavy (non-hydrogen) atoms. The van der Waals surface area contributed by atoms with Gasteiger partial charge in [0.2, 0.25) is 0 Å². The van der Waals surface area contributed by atoms with Crippen molar-refractivity contribution in [2.45, 2.75) is 0 Å². The summed E-state index contributed by atoms with van der Waals surface area (Å²) in [7, 11) is 0. The molecule has 2 aromatic carbocycles. The number of benzene rings is 2. The van der Waals surface area contributed by atoms with Crippen molar-refractivity contribution in [1.29, 1.82) is 0 Å². The van der Waals surface area contributed by atoms with Crippen molar-refractivity contribution >= 4 is 70.7 Å². The zero-order valence-corrected chi connectivity index (χ0v) is 16.9. The van der Waals surface area contributed by atoms with E-state index < -0.39 is 0 Å². The van der Waals surface area contributed by atoms with Gasteiger partial charge < -0.3 is 10.2 Å². The van der Waals surface area contributed by atoms with E-state index in [1.807, 2.05) is 36.4 Å². The first-order chi connectivity index (χ1) is 10.8. The van der Waals surface area contributed by atoms with Gasteiger partial charge in [-0.25, -0.2) is 0 Å². The molecule has 0 spiro atoms. The normalized spacial score (nSPS) is 9.74. The molecule has 0 saturated heterocycles. The molecule has 0 unspecified atom stereocenters. The number of phenolic OH excluding ortho intramolecular Hbond substituents is 2. The minimum atomic E-state index is 0. The van der Waals surface area contributed by atoms with E-state index in [-0.39, 0.29) is 60.4 Å². The number of para-hydroxylation sites is 2. The van der Waals surface area contributed by atoms with Crippen LogP contribution in [-0.4, -0.2) is 69.1 Å². The summed E-state index contributed by atoms with van der Waals surface area (Å²) in [4.78, 5) is 8.06. The molecule has 4 aromatic rings. The number of nitrogens with zero attached hydrogens (tertiary/aromatic N) is 2. The van der Waals surface area contributed by atoms with Gasteiger partial charge in [0.25, 0.3) is 0 Å². The van der Waals surface area contributed by atoms with Crippen LogP contribution < -0.4 is 0 Å². The molecule has 0 atom stereocenters. The Labute approximate surface area is 173 Å². The zero-order chi connectivity index (χ0) is 15.4. The molecule has 0 bridgehead atoms. The SMILES string of the molecule is Oc1cccc2cccnc12.Oc1cccc2cccnc12.[Ba+2]. The molecule has 0 radical (unpaired) electrons. The number of hydrogen-bond acceptors (Lipinski definition) is 4. The fraction of sp³-hybridized carbons (Fsp3) is 0. The predicted octanol–water partition coefficient (Wildman–Crippen LogP) is 3.50. The number of aromatic hydroxyl groups is 2. The monoisotopic (exact) mass is 428 g/mol. The third kappa shape index (κ3) is 4.25. The quantitative estimate of drug-likeness (QED) is 0.422. The van der Waals surface area contributed by atoms with Gasteiger partial charge in [-0.3, -0.25) is 9.97 Å². The topological polar surface area (TPSA) is 66.2 Å². The molecule has 0 aliphatic carbocycles. The van der Waals surface area contributed by atoms with E-state index in [1.165, 1.54) is 0 Å². The van der Waals surface area contributed by atoms with Crippen LogP contribution in [0.25, 0.3) is 21.8 Å². The molecule has 4 nitrogen and oxygen atoms in total. The van der Waals surface area contributed by atoms with Crippen molar-refractivity contribution in [2.24, 2.45) is 0 Å². The number of phenols is 2. The van der Waals surface area contributed by atoms with Crippen LogP contribution in [0.3, 0.4) is 0 Å². The first-order valence-corrected chi connectivity index (χ1v) is 6.81. The number of rotatable bonds is 0. The summed E-state index contributed by atoms with van der Waals surface area (Å²) in [5, 5.41) is 20.5. The minimum Gasteiger partial charge on any atom is -0.506 e. The second kappa shape index (κ2) is 8.33. The van der Waals surface area contributed by atoms with Crippen LogP contribution in [-0.2, 0) is 0 Å². The minimum absolute atomic E-state index is 0. The summed E-state index contributed by atoms with van der Waals surface area (Å²) >= 11 is 0. The second-order valence-electron chi connectivity index (χ2n) is 4.70. The Morgan fingerprint density at radius 1 is 0.565 bits per heavy atom. The number of pyridine rings is 2. The van der Waals surface area contributed by atoms with Gasteiger partial charge in [0.05, 0.1) is 0 Å². The Morgan fingerprint density at radius 2 is 0.957 bits per heavy atom. The maximum absolute atomic E-state index is 9.31. The molecular weight excluding hydrogens is 414 g/mol. The van der Waals surface area contributed by atoms with Crippen LogP contribution in [0, 0.1) is 0 Å². The Bertz CT molecular complexity index is 841. The molecule has 0 aliphatic heterocycles. The summed E-state index contributed by atoms with van der Waals surface area (Å²) < 4.78 is 0. The Hall–Kier alpha value is -1.57. The average molecular weight is 428 g/mol. The number of hydrogen-bond donors (Lipinski definition) is 2. The molecular formula is C18H14BaN2O2+2. The van der Waals surface area contributed by atoms with Crippen molar-refractivity contribution in [3.05, 3.63) is 73.1 Å². The molecule has 2 heterocycles. The van der Waals surface area contributed by atoms with E-state index in [2.05, 4.69) is 9.97 Å². The molecule has 5 heteroatoms. The first-order valence-electron chi connectivity index (χ1n) is 6.81. The van der Waals surface area contributed by atoms with Crippen molar-refractivity contribution in [1.82, 2.24) is 9.97 Å². The van der Waals surface area contributed by atoms with E-state index in [0.717, 1.165) is 10.8 Å². The van der Waals surface area contributed by atoms with Crippen LogP contribution >= 0.6 is 0 Å². The maximum atomic E-state index is 9.31. The third-order valence-electron chi connectivity index (χ3n) is 3.22. The van der Waals surface area contributed by atoms with Gasteiger partial charge >= 0.3 is 48.9 Å². The van der Waals surface area contributed by atoms with Crippen LogP contribution in [0.4, 0.5) is 0 Å². The number of aromatic nitrogens is 2. The Balaban J connectivity index is 0.000000160. The van der Waals surface area contributed by atoms with E-state index in [9.17, 15) is 10.2 Å². The van der Waals surface area contributed by atoms with E-state index in [1.54, 1.807) is 36.7 Å². The standard InChI is InChI=1S/2C9H7NO.Ba/c2*11-8-5-1-3-7-4-2-6-10-9(7)8;/h2*1-6,11H;/q;;+2. The first kappa shape index (κ1) is 17.8. The fourth-order valence-corrected chi connectivity index (χ4v) is 2.18. The Morgan fingerprint density at radius 3 is 1.35 bits per heavy atom. The molecule has 2 N–H and O–H groups in total. The summed E-state index contributed by atoms with van der Waals surface area (Å²) in [6.07, 6.45) is 3.34. The molecule has 108 valence electrons. The van der Waals surface area contributed by atoms with Gasteiger partial charge in [-0.1, -0.05) is 36.4 Å². The van der Waals surface area contributed by atoms with Gasteiger partial charge in [-0.2, -0.15) is 0 Å². The predicted molar refractivity (Wildman–Crippen MR) is 92.6 cm³/mol. The molecule has 4 rings (SSSR count). The molecule has 0 aliphatic rings. The number of fused-ring (bicyclic) bond motifs is 2. The van der Waals surface area contributed by atoms with Crippen molar-refractivity contribution in [3.63, 3.8) is 0 Å². The van der Waals surface area contributed by atoms with Crippen LogP contribution in [0.1, 0.15) is 0 Å². The molecule has 0 amide bonds. The third-order valence-corrected chi connectivity index (χ3v) is 3.22. The van der Waals surface area contributed by atoms with Gasteiger partial charge in [0.15, 0.2) is 0 Å².